The van der Waals surface area contributed by atoms with Crippen molar-refractivity contribution in [2.45, 2.75) is 57.5 Å². The number of likely N-dealkylation sites (N-methyl/N-ethyl adjacent to an activating group) is 3. The Morgan fingerprint density at radius 1 is 1.17 bits per heavy atom. The van der Waals surface area contributed by atoms with E-state index in [1.165, 1.54) is 45.1 Å². The highest BCUT2D eigenvalue weighted by molar-refractivity contribution is 5.84. The summed E-state index contributed by atoms with van der Waals surface area (Å²) in [5.74, 6) is 0.935. The van der Waals surface area contributed by atoms with E-state index in [-0.39, 0.29) is 12.5 Å². The lowest BCUT2D eigenvalue weighted by Crippen LogP contribution is -2.48. The Balaban J connectivity index is 1.99. The molecule has 1 unspecified atom stereocenters. The van der Waals surface area contributed by atoms with Crippen LogP contribution < -0.4 is 5.32 Å². The Hall–Kier alpha value is -1.30. The number of rotatable bonds is 6. The van der Waals surface area contributed by atoms with Gasteiger partial charge in [-0.2, -0.15) is 0 Å². The Kier molecular flexibility index (Phi) is 7.34. The number of carbonyl (C=O) groups is 1. The van der Waals surface area contributed by atoms with Crippen molar-refractivity contribution in [2.24, 2.45) is 4.99 Å². The molecule has 0 aromatic heterocycles. The first-order chi connectivity index (χ1) is 11.5. The lowest BCUT2D eigenvalue weighted by Gasteiger charge is -2.31. The van der Waals surface area contributed by atoms with E-state index in [0.29, 0.717) is 12.1 Å². The van der Waals surface area contributed by atoms with Gasteiger partial charge < -0.3 is 15.1 Å². The summed E-state index contributed by atoms with van der Waals surface area (Å²) in [7, 11) is 5.67. The largest absolute Gasteiger partial charge is 0.354 e. The van der Waals surface area contributed by atoms with Crippen molar-refractivity contribution in [1.82, 2.24) is 20.0 Å². The van der Waals surface area contributed by atoms with Crippen LogP contribution in [0.1, 0.15) is 45.4 Å². The molecular weight excluding hydrogens is 302 g/mol. The molecule has 2 rings (SSSR count). The van der Waals surface area contributed by atoms with Crippen molar-refractivity contribution in [3.8, 4) is 0 Å². The maximum Gasteiger partial charge on any atom is 0.243 e. The van der Waals surface area contributed by atoms with E-state index in [9.17, 15) is 4.79 Å². The summed E-state index contributed by atoms with van der Waals surface area (Å²) < 4.78 is 0. The van der Waals surface area contributed by atoms with Gasteiger partial charge in [-0.25, -0.2) is 4.99 Å². The fourth-order valence-electron chi connectivity index (χ4n) is 3.73. The number of hydrogen-bond acceptors (Lipinski definition) is 3. The number of likely N-dealkylation sites (tertiary alicyclic amines) is 1. The monoisotopic (exact) mass is 337 g/mol. The van der Waals surface area contributed by atoms with Gasteiger partial charge in [-0.3, -0.25) is 9.69 Å². The number of carbonyl (C=O) groups excluding carboxylic acids is 1. The Bertz CT molecular complexity index is 431. The molecule has 0 spiro atoms. The molecule has 0 bridgehead atoms. The molecule has 2 aliphatic rings. The Morgan fingerprint density at radius 3 is 2.50 bits per heavy atom. The minimum absolute atomic E-state index is 0.0465. The van der Waals surface area contributed by atoms with Crippen molar-refractivity contribution in [2.75, 3.05) is 47.3 Å². The number of guanidine groups is 1. The zero-order valence-corrected chi connectivity index (χ0v) is 15.9. The molecule has 1 heterocycles. The molecule has 1 aliphatic carbocycles. The van der Waals surface area contributed by atoms with Crippen LogP contribution in [-0.4, -0.2) is 86.0 Å². The first kappa shape index (κ1) is 19.0. The maximum atomic E-state index is 11.9. The third-order valence-corrected chi connectivity index (χ3v) is 5.30. The van der Waals surface area contributed by atoms with Gasteiger partial charge in [0, 0.05) is 39.8 Å². The smallest absolute Gasteiger partial charge is 0.243 e. The van der Waals surface area contributed by atoms with Gasteiger partial charge in [0.2, 0.25) is 5.91 Å². The van der Waals surface area contributed by atoms with E-state index in [1.54, 1.807) is 19.0 Å². The number of amides is 1. The van der Waals surface area contributed by atoms with Gasteiger partial charge in [0.1, 0.15) is 6.54 Å². The minimum Gasteiger partial charge on any atom is -0.354 e. The molecule has 1 aliphatic heterocycles. The molecule has 1 saturated carbocycles. The van der Waals surface area contributed by atoms with Crippen LogP contribution >= 0.6 is 0 Å². The van der Waals surface area contributed by atoms with Crippen molar-refractivity contribution >= 4 is 11.9 Å². The third kappa shape index (κ3) is 5.36. The molecule has 138 valence electrons. The van der Waals surface area contributed by atoms with Crippen LogP contribution in [0.15, 0.2) is 4.99 Å². The summed E-state index contributed by atoms with van der Waals surface area (Å²) >= 11 is 0. The van der Waals surface area contributed by atoms with E-state index in [0.717, 1.165) is 19.0 Å². The highest BCUT2D eigenvalue weighted by Gasteiger charge is 2.26. The lowest BCUT2D eigenvalue weighted by molar-refractivity contribution is -0.127. The van der Waals surface area contributed by atoms with Crippen molar-refractivity contribution in [3.05, 3.63) is 0 Å². The molecule has 24 heavy (non-hydrogen) atoms. The van der Waals surface area contributed by atoms with E-state index in [4.69, 9.17) is 0 Å². The van der Waals surface area contributed by atoms with E-state index >= 15 is 0 Å². The molecule has 0 aromatic carbocycles. The highest BCUT2D eigenvalue weighted by Crippen LogP contribution is 2.19. The minimum atomic E-state index is 0.0465. The van der Waals surface area contributed by atoms with Crippen LogP contribution in [0, 0.1) is 0 Å². The van der Waals surface area contributed by atoms with Gasteiger partial charge in [0.25, 0.3) is 0 Å². The Labute approximate surface area is 147 Å². The predicted molar refractivity (Wildman–Crippen MR) is 99.3 cm³/mol. The first-order valence-electron chi connectivity index (χ1n) is 9.47. The third-order valence-electron chi connectivity index (χ3n) is 5.30. The summed E-state index contributed by atoms with van der Waals surface area (Å²) in [6.45, 7) is 5.74. The van der Waals surface area contributed by atoms with Gasteiger partial charge in [0.15, 0.2) is 5.96 Å². The van der Waals surface area contributed by atoms with Crippen LogP contribution in [0.4, 0.5) is 0 Å². The summed E-state index contributed by atoms with van der Waals surface area (Å²) in [4.78, 5) is 22.9. The van der Waals surface area contributed by atoms with Gasteiger partial charge >= 0.3 is 0 Å². The standard InChI is InChI=1S/C18H35N5O/c1-5-23-12-8-11-16(23)14-22(4)18(19-13-17(24)21(2)3)20-15-9-6-7-10-15/h15-16H,5-14H2,1-4H3,(H,19,20). The number of nitrogens with zero attached hydrogens (tertiary/aromatic N) is 4. The quantitative estimate of drug-likeness (QED) is 0.588. The highest BCUT2D eigenvalue weighted by atomic mass is 16.2. The maximum absolute atomic E-state index is 11.9. The summed E-state index contributed by atoms with van der Waals surface area (Å²) in [6, 6.07) is 1.10. The number of nitrogens with one attached hydrogen (secondary N) is 1. The molecular formula is C18H35N5O. The molecule has 1 atom stereocenters. The fourth-order valence-corrected chi connectivity index (χ4v) is 3.73. The SMILES string of the molecule is CCN1CCCC1CN(C)C(=NCC(=O)N(C)C)NC1CCCC1. The van der Waals surface area contributed by atoms with Crippen molar-refractivity contribution < 1.29 is 4.79 Å². The molecule has 2 fully saturated rings. The summed E-state index contributed by atoms with van der Waals surface area (Å²) in [6.07, 6.45) is 7.53. The van der Waals surface area contributed by atoms with Gasteiger partial charge in [-0.15, -0.1) is 0 Å². The average molecular weight is 338 g/mol. The van der Waals surface area contributed by atoms with Crippen LogP contribution in [0.2, 0.25) is 0 Å². The Morgan fingerprint density at radius 2 is 1.88 bits per heavy atom. The molecule has 0 aromatic rings. The molecule has 1 amide bonds. The molecule has 1 N–H and O–H groups in total. The summed E-state index contributed by atoms with van der Waals surface area (Å²) in [5, 5.41) is 3.60. The molecule has 6 heteroatoms. The van der Waals surface area contributed by atoms with Gasteiger partial charge in [0.05, 0.1) is 0 Å². The second kappa shape index (κ2) is 9.25. The molecule has 6 nitrogen and oxygen atoms in total. The lowest BCUT2D eigenvalue weighted by atomic mass is 10.2. The fraction of sp³-hybridized carbons (Fsp3) is 0.889. The zero-order valence-electron chi connectivity index (χ0n) is 15.9. The normalized spacial score (nSPS) is 22.8. The van der Waals surface area contributed by atoms with E-state index in [1.807, 2.05) is 0 Å². The van der Waals surface area contributed by atoms with Crippen LogP contribution in [0.5, 0.6) is 0 Å². The van der Waals surface area contributed by atoms with E-state index < -0.39 is 0 Å². The predicted octanol–water partition coefficient (Wildman–Crippen LogP) is 1.38. The number of aliphatic imine (C=N–C) groups is 1. The van der Waals surface area contributed by atoms with Crippen LogP contribution in [-0.2, 0) is 4.79 Å². The molecule has 1 saturated heterocycles. The van der Waals surface area contributed by atoms with E-state index in [2.05, 4.69) is 34.1 Å². The van der Waals surface area contributed by atoms with Crippen molar-refractivity contribution in [1.29, 1.82) is 0 Å². The zero-order chi connectivity index (χ0) is 17.5. The molecule has 0 radical (unpaired) electrons. The van der Waals surface area contributed by atoms with Crippen LogP contribution in [0.25, 0.3) is 0 Å². The topological polar surface area (TPSA) is 51.2 Å². The van der Waals surface area contributed by atoms with Crippen molar-refractivity contribution in [3.63, 3.8) is 0 Å². The van der Waals surface area contributed by atoms with Gasteiger partial charge in [-0.05, 0) is 38.8 Å². The second-order valence-electron chi connectivity index (χ2n) is 7.36. The number of hydrogen-bond donors (Lipinski definition) is 1. The van der Waals surface area contributed by atoms with Gasteiger partial charge in [-0.1, -0.05) is 19.8 Å². The summed E-state index contributed by atoms with van der Waals surface area (Å²) in [5.41, 5.74) is 0. The van der Waals surface area contributed by atoms with Crippen LogP contribution in [0.3, 0.4) is 0 Å². The first-order valence-corrected chi connectivity index (χ1v) is 9.47. The average Bonchev–Trinajstić information content (AvgIpc) is 3.21. The second-order valence-corrected chi connectivity index (χ2v) is 7.36.